The first-order valence-electron chi connectivity index (χ1n) is 10.7. The Balaban J connectivity index is 1.49. The number of hydrogen-bond donors (Lipinski definition) is 2. The minimum absolute atomic E-state index is 0.0232. The second kappa shape index (κ2) is 9.94. The van der Waals surface area contributed by atoms with Crippen LogP contribution < -0.4 is 22.1 Å². The summed E-state index contributed by atoms with van der Waals surface area (Å²) >= 11 is 6.13. The molecule has 4 aromatic rings. The number of nitrogens with one attached hydrogen (secondary N) is 2. The highest BCUT2D eigenvalue weighted by molar-refractivity contribution is 6.31. The van der Waals surface area contributed by atoms with Crippen LogP contribution in [-0.4, -0.2) is 41.6 Å². The van der Waals surface area contributed by atoms with E-state index in [0.29, 0.717) is 16.4 Å². The van der Waals surface area contributed by atoms with Gasteiger partial charge in [0.1, 0.15) is 5.56 Å². The number of amides is 1. The standard InChI is InChI=1S/C23H22ClN7O4/c1-14-11-15(2)31(27-14)19-7-8-20(32)30(28-19)10-9-25-21(33)17-12-26-23(35)29(22(17)34)13-16-5-3-4-6-18(16)24/h3-8,11-12H,9-10,13H2,1-2H3,(H,25,33)(H,26,35). The summed E-state index contributed by atoms with van der Waals surface area (Å²) in [5.41, 5.74) is 0.225. The Labute approximate surface area is 203 Å². The van der Waals surface area contributed by atoms with Crippen LogP contribution in [0.2, 0.25) is 5.02 Å². The highest BCUT2D eigenvalue weighted by atomic mass is 35.5. The van der Waals surface area contributed by atoms with Crippen LogP contribution in [0.4, 0.5) is 0 Å². The summed E-state index contributed by atoms with van der Waals surface area (Å²) in [7, 11) is 0. The molecule has 1 amide bonds. The van der Waals surface area contributed by atoms with Crippen LogP contribution in [0.15, 0.2) is 63.0 Å². The zero-order valence-corrected chi connectivity index (χ0v) is 19.7. The fourth-order valence-electron chi connectivity index (χ4n) is 3.56. The maximum absolute atomic E-state index is 12.8. The molecule has 0 spiro atoms. The lowest BCUT2D eigenvalue weighted by Crippen LogP contribution is -2.41. The summed E-state index contributed by atoms with van der Waals surface area (Å²) in [6, 6.07) is 11.6. The minimum Gasteiger partial charge on any atom is -0.350 e. The average molecular weight is 496 g/mol. The van der Waals surface area contributed by atoms with Gasteiger partial charge in [-0.1, -0.05) is 29.8 Å². The lowest BCUT2D eigenvalue weighted by molar-refractivity contribution is 0.0949. The lowest BCUT2D eigenvalue weighted by atomic mass is 10.2. The highest BCUT2D eigenvalue weighted by Crippen LogP contribution is 2.15. The van der Waals surface area contributed by atoms with Gasteiger partial charge in [-0.05, 0) is 37.6 Å². The molecule has 3 aromatic heterocycles. The molecule has 0 saturated carbocycles. The van der Waals surface area contributed by atoms with Crippen molar-refractivity contribution in [3.05, 3.63) is 107 Å². The summed E-state index contributed by atoms with van der Waals surface area (Å²) < 4.78 is 3.72. The molecule has 0 saturated heterocycles. The number of nitrogens with zero attached hydrogens (tertiary/aromatic N) is 5. The molecule has 180 valence electrons. The molecule has 0 unspecified atom stereocenters. The Hall–Kier alpha value is -4.25. The molecule has 0 bridgehead atoms. The van der Waals surface area contributed by atoms with Crippen molar-refractivity contribution in [2.75, 3.05) is 6.54 Å². The molecule has 0 aliphatic carbocycles. The topological polar surface area (TPSA) is 137 Å². The van der Waals surface area contributed by atoms with E-state index in [1.54, 1.807) is 35.0 Å². The third-order valence-corrected chi connectivity index (χ3v) is 5.65. The first kappa shape index (κ1) is 23.9. The van der Waals surface area contributed by atoms with Crippen LogP contribution in [0.5, 0.6) is 0 Å². The Morgan fingerprint density at radius 2 is 1.86 bits per heavy atom. The molecule has 12 heteroatoms. The van der Waals surface area contributed by atoms with E-state index in [2.05, 4.69) is 20.5 Å². The normalized spacial score (nSPS) is 10.9. The van der Waals surface area contributed by atoms with E-state index in [4.69, 9.17) is 11.6 Å². The highest BCUT2D eigenvalue weighted by Gasteiger charge is 2.16. The molecule has 4 rings (SSSR count). The molecule has 35 heavy (non-hydrogen) atoms. The molecule has 0 aliphatic rings. The number of benzene rings is 1. The number of halogens is 1. The number of carbonyl (C=O) groups excluding carboxylic acids is 1. The van der Waals surface area contributed by atoms with E-state index in [1.807, 2.05) is 19.9 Å². The molecule has 0 radical (unpaired) electrons. The molecule has 2 N–H and O–H groups in total. The van der Waals surface area contributed by atoms with Gasteiger partial charge in [-0.3, -0.25) is 19.0 Å². The molecule has 1 aromatic carbocycles. The van der Waals surface area contributed by atoms with Crippen molar-refractivity contribution in [1.29, 1.82) is 0 Å². The lowest BCUT2D eigenvalue weighted by Gasteiger charge is -2.10. The van der Waals surface area contributed by atoms with Gasteiger partial charge in [0.05, 0.1) is 18.8 Å². The van der Waals surface area contributed by atoms with E-state index >= 15 is 0 Å². The zero-order valence-electron chi connectivity index (χ0n) is 19.0. The number of hydrogen-bond acceptors (Lipinski definition) is 6. The van der Waals surface area contributed by atoms with Crippen molar-refractivity contribution in [3.8, 4) is 5.82 Å². The summed E-state index contributed by atoms with van der Waals surface area (Å²) in [5.74, 6) is -0.230. The van der Waals surface area contributed by atoms with Crippen LogP contribution in [-0.2, 0) is 13.1 Å². The summed E-state index contributed by atoms with van der Waals surface area (Å²) in [6.45, 7) is 3.73. The number of H-pyrrole nitrogens is 1. The second-order valence-electron chi connectivity index (χ2n) is 7.84. The number of rotatable bonds is 7. The van der Waals surface area contributed by atoms with Gasteiger partial charge in [0.2, 0.25) is 0 Å². The number of aryl methyl sites for hydroxylation is 2. The van der Waals surface area contributed by atoms with Crippen molar-refractivity contribution >= 4 is 17.5 Å². The quantitative estimate of drug-likeness (QED) is 0.393. The van der Waals surface area contributed by atoms with Gasteiger partial charge in [-0.25, -0.2) is 14.2 Å². The third kappa shape index (κ3) is 5.14. The maximum Gasteiger partial charge on any atom is 0.328 e. The van der Waals surface area contributed by atoms with Crippen LogP contribution in [0.1, 0.15) is 27.3 Å². The predicted octanol–water partition coefficient (Wildman–Crippen LogP) is 1.03. The van der Waals surface area contributed by atoms with Crippen LogP contribution in [0.25, 0.3) is 5.82 Å². The summed E-state index contributed by atoms with van der Waals surface area (Å²) in [5, 5.41) is 11.7. The molecule has 0 aliphatic heterocycles. The van der Waals surface area contributed by atoms with Gasteiger partial charge in [-0.15, -0.1) is 5.10 Å². The van der Waals surface area contributed by atoms with E-state index in [0.717, 1.165) is 22.2 Å². The average Bonchev–Trinajstić information content (AvgIpc) is 3.16. The Morgan fingerprint density at radius 3 is 2.57 bits per heavy atom. The SMILES string of the molecule is Cc1cc(C)n(-c2ccc(=O)n(CCNC(=O)c3c[nH]c(=O)n(Cc4ccccc4Cl)c3=O)n2)n1. The second-order valence-corrected chi connectivity index (χ2v) is 8.25. The van der Waals surface area contributed by atoms with E-state index in [9.17, 15) is 19.2 Å². The van der Waals surface area contributed by atoms with Gasteiger partial charge >= 0.3 is 5.69 Å². The summed E-state index contributed by atoms with van der Waals surface area (Å²) in [6.07, 6.45) is 1.07. The largest absolute Gasteiger partial charge is 0.350 e. The van der Waals surface area contributed by atoms with Gasteiger partial charge in [0.25, 0.3) is 17.0 Å². The zero-order chi connectivity index (χ0) is 25.1. The Kier molecular flexibility index (Phi) is 6.78. The molecular weight excluding hydrogens is 474 g/mol. The fourth-order valence-corrected chi connectivity index (χ4v) is 3.75. The van der Waals surface area contributed by atoms with Crippen LogP contribution >= 0.6 is 11.6 Å². The molecule has 3 heterocycles. The maximum atomic E-state index is 12.8. The van der Waals surface area contributed by atoms with Crippen LogP contribution in [0, 0.1) is 13.8 Å². The number of carbonyl (C=O) groups is 1. The van der Waals surface area contributed by atoms with Gasteiger partial charge < -0.3 is 10.3 Å². The van der Waals surface area contributed by atoms with Gasteiger partial charge in [-0.2, -0.15) is 5.10 Å². The molecule has 0 fully saturated rings. The first-order valence-corrected chi connectivity index (χ1v) is 11.1. The molecular formula is C23H22ClN7O4. The van der Waals surface area contributed by atoms with Crippen molar-refractivity contribution < 1.29 is 4.79 Å². The van der Waals surface area contributed by atoms with Crippen molar-refractivity contribution in [1.82, 2.24) is 34.4 Å². The fraction of sp³-hybridized carbons (Fsp3) is 0.217. The van der Waals surface area contributed by atoms with E-state index in [-0.39, 0.29) is 30.8 Å². The van der Waals surface area contributed by atoms with Crippen LogP contribution in [0.3, 0.4) is 0 Å². The first-order chi connectivity index (χ1) is 16.7. The smallest absolute Gasteiger partial charge is 0.328 e. The van der Waals surface area contributed by atoms with Gasteiger partial charge in [0, 0.05) is 29.5 Å². The Bertz CT molecular complexity index is 1580. The van der Waals surface area contributed by atoms with E-state index in [1.165, 1.54) is 10.7 Å². The number of aromatic amines is 1. The van der Waals surface area contributed by atoms with Crippen molar-refractivity contribution in [3.63, 3.8) is 0 Å². The Morgan fingerprint density at radius 1 is 1.09 bits per heavy atom. The third-order valence-electron chi connectivity index (χ3n) is 5.28. The predicted molar refractivity (Wildman–Crippen MR) is 129 cm³/mol. The van der Waals surface area contributed by atoms with Crippen molar-refractivity contribution in [2.45, 2.75) is 26.9 Å². The monoisotopic (exact) mass is 495 g/mol. The van der Waals surface area contributed by atoms with Gasteiger partial charge in [0.15, 0.2) is 5.82 Å². The minimum atomic E-state index is -0.756. The number of aromatic nitrogens is 6. The van der Waals surface area contributed by atoms with E-state index < -0.39 is 17.2 Å². The molecule has 0 atom stereocenters. The molecule has 11 nitrogen and oxygen atoms in total. The summed E-state index contributed by atoms with van der Waals surface area (Å²) in [4.78, 5) is 52.4. The van der Waals surface area contributed by atoms with Crippen molar-refractivity contribution in [2.24, 2.45) is 0 Å².